The van der Waals surface area contributed by atoms with Crippen LogP contribution in [0.2, 0.25) is 0 Å². The molecule has 0 amide bonds. The largest absolute Gasteiger partial charge is 0.490 e. The van der Waals surface area contributed by atoms with E-state index in [0.29, 0.717) is 34.7 Å². The van der Waals surface area contributed by atoms with Crippen LogP contribution < -0.4 is 9.47 Å². The first-order valence-corrected chi connectivity index (χ1v) is 6.92. The van der Waals surface area contributed by atoms with Crippen LogP contribution in [0.4, 0.5) is 0 Å². The Bertz CT molecular complexity index is 624. The minimum absolute atomic E-state index is 0.387. The lowest BCUT2D eigenvalue weighted by Gasteiger charge is -2.14. The summed E-state index contributed by atoms with van der Waals surface area (Å²) in [6, 6.07) is 9.27. The molecule has 5 heteroatoms. The van der Waals surface area contributed by atoms with E-state index in [1.807, 2.05) is 19.1 Å². The third kappa shape index (κ3) is 3.49. The van der Waals surface area contributed by atoms with E-state index in [9.17, 15) is 0 Å². The molecule has 1 heterocycles. The fourth-order valence-corrected chi connectivity index (χ4v) is 2.23. The Hall–Kier alpha value is -2.06. The van der Waals surface area contributed by atoms with Gasteiger partial charge in [-0.2, -0.15) is 5.26 Å². The van der Waals surface area contributed by atoms with Crippen molar-refractivity contribution in [3.05, 3.63) is 52.3 Å². The third-order valence-electron chi connectivity index (χ3n) is 2.54. The zero-order chi connectivity index (χ0) is 14.4. The molecule has 2 aromatic rings. The minimum atomic E-state index is 0.387. The Morgan fingerprint density at radius 3 is 2.85 bits per heavy atom. The molecule has 0 radical (unpaired) electrons. The summed E-state index contributed by atoms with van der Waals surface area (Å²) >= 11 is 3.41. The molecule has 4 nitrogen and oxygen atoms in total. The van der Waals surface area contributed by atoms with Crippen LogP contribution in [0, 0.1) is 11.3 Å². The van der Waals surface area contributed by atoms with E-state index in [1.165, 1.54) is 0 Å². The summed E-state index contributed by atoms with van der Waals surface area (Å²) < 4.78 is 12.0. The van der Waals surface area contributed by atoms with Gasteiger partial charge in [0.1, 0.15) is 6.61 Å². The lowest BCUT2D eigenvalue weighted by molar-refractivity contribution is 0.267. The first-order chi connectivity index (χ1) is 9.74. The molecule has 0 aliphatic carbocycles. The predicted molar refractivity (Wildman–Crippen MR) is 78.6 cm³/mol. The minimum Gasteiger partial charge on any atom is -0.490 e. The lowest BCUT2D eigenvalue weighted by atomic mass is 10.2. The van der Waals surface area contributed by atoms with Crippen LogP contribution in [0.3, 0.4) is 0 Å². The van der Waals surface area contributed by atoms with Crippen molar-refractivity contribution in [1.29, 1.82) is 5.26 Å². The van der Waals surface area contributed by atoms with E-state index in [4.69, 9.17) is 14.7 Å². The van der Waals surface area contributed by atoms with Crippen molar-refractivity contribution in [2.24, 2.45) is 0 Å². The molecule has 0 saturated heterocycles. The molecule has 102 valence electrons. The van der Waals surface area contributed by atoms with Gasteiger partial charge in [-0.25, -0.2) is 0 Å². The van der Waals surface area contributed by atoms with Gasteiger partial charge >= 0.3 is 0 Å². The second-order valence-corrected chi connectivity index (χ2v) is 4.83. The number of aromatic nitrogens is 1. The zero-order valence-electron chi connectivity index (χ0n) is 11.0. The van der Waals surface area contributed by atoms with Gasteiger partial charge in [-0.05, 0) is 35.0 Å². The Kier molecular flexibility index (Phi) is 4.97. The van der Waals surface area contributed by atoms with Gasteiger partial charge in [-0.1, -0.05) is 6.07 Å². The van der Waals surface area contributed by atoms with E-state index in [1.54, 1.807) is 24.5 Å². The maximum absolute atomic E-state index is 8.98. The van der Waals surface area contributed by atoms with Gasteiger partial charge in [0, 0.05) is 24.0 Å². The molecular formula is C15H13BrN2O2. The maximum Gasteiger partial charge on any atom is 0.175 e. The van der Waals surface area contributed by atoms with Crippen LogP contribution in [0.15, 0.2) is 41.1 Å². The van der Waals surface area contributed by atoms with Crippen LogP contribution in [0.5, 0.6) is 11.5 Å². The number of nitriles is 1. The first-order valence-electron chi connectivity index (χ1n) is 6.12. The molecule has 0 bridgehead atoms. The van der Waals surface area contributed by atoms with Gasteiger partial charge in [0.15, 0.2) is 11.5 Å². The molecule has 2 rings (SSSR count). The summed E-state index contributed by atoms with van der Waals surface area (Å²) in [6.45, 7) is 2.78. The van der Waals surface area contributed by atoms with Crippen LogP contribution in [-0.2, 0) is 6.61 Å². The number of hydrogen-bond acceptors (Lipinski definition) is 4. The summed E-state index contributed by atoms with van der Waals surface area (Å²) in [5, 5.41) is 8.98. The van der Waals surface area contributed by atoms with Crippen LogP contribution in [-0.4, -0.2) is 11.6 Å². The Labute approximate surface area is 126 Å². The summed E-state index contributed by atoms with van der Waals surface area (Å²) in [7, 11) is 0. The van der Waals surface area contributed by atoms with E-state index < -0.39 is 0 Å². The highest BCUT2D eigenvalue weighted by atomic mass is 79.9. The molecule has 0 aliphatic heterocycles. The summed E-state index contributed by atoms with van der Waals surface area (Å²) in [5.41, 5.74) is 1.49. The standard InChI is InChI=1S/C15H13BrN2O2/c1-2-19-14-7-12(8-17)6-13(16)15(14)20-10-11-4-3-5-18-9-11/h3-7,9H,2,10H2,1H3. The molecule has 0 spiro atoms. The maximum atomic E-state index is 8.98. The molecule has 0 unspecified atom stereocenters. The smallest absolute Gasteiger partial charge is 0.175 e. The van der Waals surface area contributed by atoms with E-state index in [2.05, 4.69) is 27.0 Å². The van der Waals surface area contributed by atoms with Crippen molar-refractivity contribution >= 4 is 15.9 Å². The molecule has 1 aromatic carbocycles. The zero-order valence-corrected chi connectivity index (χ0v) is 12.6. The summed E-state index contributed by atoms with van der Waals surface area (Å²) in [6.07, 6.45) is 3.46. The lowest BCUT2D eigenvalue weighted by Crippen LogP contribution is -2.01. The summed E-state index contributed by atoms with van der Waals surface area (Å²) in [4.78, 5) is 4.04. The molecule has 0 aliphatic rings. The topological polar surface area (TPSA) is 55.1 Å². The number of ether oxygens (including phenoxy) is 2. The van der Waals surface area contributed by atoms with Crippen molar-refractivity contribution in [2.45, 2.75) is 13.5 Å². The van der Waals surface area contributed by atoms with Crippen LogP contribution in [0.1, 0.15) is 18.1 Å². The molecule has 0 fully saturated rings. The second kappa shape index (κ2) is 6.92. The number of rotatable bonds is 5. The highest BCUT2D eigenvalue weighted by Crippen LogP contribution is 2.37. The second-order valence-electron chi connectivity index (χ2n) is 3.98. The fraction of sp³-hybridized carbons (Fsp3) is 0.200. The van der Waals surface area contributed by atoms with Gasteiger partial charge in [0.05, 0.1) is 22.7 Å². The highest BCUT2D eigenvalue weighted by molar-refractivity contribution is 9.10. The number of hydrogen-bond donors (Lipinski definition) is 0. The van der Waals surface area contributed by atoms with Crippen molar-refractivity contribution in [2.75, 3.05) is 6.61 Å². The number of nitrogens with zero attached hydrogens (tertiary/aromatic N) is 2. The number of halogens is 1. The van der Waals surface area contributed by atoms with Crippen LogP contribution in [0.25, 0.3) is 0 Å². The van der Waals surface area contributed by atoms with E-state index in [0.717, 1.165) is 5.56 Å². The SMILES string of the molecule is CCOc1cc(C#N)cc(Br)c1OCc1cccnc1. The van der Waals surface area contributed by atoms with Gasteiger partial charge < -0.3 is 9.47 Å². The average molecular weight is 333 g/mol. The van der Waals surface area contributed by atoms with Crippen LogP contribution >= 0.6 is 15.9 Å². The highest BCUT2D eigenvalue weighted by Gasteiger charge is 2.12. The average Bonchev–Trinajstić information content (AvgIpc) is 2.47. The van der Waals surface area contributed by atoms with Crippen molar-refractivity contribution in [1.82, 2.24) is 4.98 Å². The predicted octanol–water partition coefficient (Wildman–Crippen LogP) is 3.69. The van der Waals surface area contributed by atoms with Gasteiger partial charge in [-0.15, -0.1) is 0 Å². The molecule has 0 N–H and O–H groups in total. The molecule has 0 saturated carbocycles. The monoisotopic (exact) mass is 332 g/mol. The van der Waals surface area contributed by atoms with Crippen molar-refractivity contribution in [3.63, 3.8) is 0 Å². The summed E-state index contributed by atoms with van der Waals surface area (Å²) in [5.74, 6) is 1.15. The molecule has 20 heavy (non-hydrogen) atoms. The first kappa shape index (κ1) is 14.4. The van der Waals surface area contributed by atoms with Gasteiger partial charge in [0.2, 0.25) is 0 Å². The third-order valence-corrected chi connectivity index (χ3v) is 3.13. The number of pyridine rings is 1. The Balaban J connectivity index is 2.24. The van der Waals surface area contributed by atoms with Gasteiger partial charge in [0.25, 0.3) is 0 Å². The molecular weight excluding hydrogens is 320 g/mol. The van der Waals surface area contributed by atoms with E-state index >= 15 is 0 Å². The van der Waals surface area contributed by atoms with E-state index in [-0.39, 0.29) is 0 Å². The Morgan fingerprint density at radius 2 is 2.20 bits per heavy atom. The normalized spacial score (nSPS) is 9.85. The quantitative estimate of drug-likeness (QED) is 0.837. The van der Waals surface area contributed by atoms with Gasteiger partial charge in [-0.3, -0.25) is 4.98 Å². The fourth-order valence-electron chi connectivity index (χ4n) is 1.67. The Morgan fingerprint density at radius 1 is 1.35 bits per heavy atom. The molecule has 0 atom stereocenters. The van der Waals surface area contributed by atoms with Crippen molar-refractivity contribution < 1.29 is 9.47 Å². The van der Waals surface area contributed by atoms with Crippen molar-refractivity contribution in [3.8, 4) is 17.6 Å². The number of benzene rings is 1. The molecule has 1 aromatic heterocycles.